The minimum absolute atomic E-state index is 0.173. The van der Waals surface area contributed by atoms with E-state index in [2.05, 4.69) is 6.07 Å². The molecular weight excluding hydrogens is 150 g/mol. The molecule has 1 aromatic rings. The van der Waals surface area contributed by atoms with E-state index in [1.165, 1.54) is 0 Å². The molecule has 0 spiro atoms. The van der Waals surface area contributed by atoms with Gasteiger partial charge in [0.25, 0.3) is 0 Å². The zero-order valence-corrected chi connectivity index (χ0v) is 6.57. The van der Waals surface area contributed by atoms with Crippen LogP contribution in [0.2, 0.25) is 0 Å². The molecule has 60 valence electrons. The van der Waals surface area contributed by atoms with E-state index in [0.717, 1.165) is 12.0 Å². The second-order valence-corrected chi connectivity index (χ2v) is 3.17. The van der Waals surface area contributed by atoms with Crippen LogP contribution in [0.25, 0.3) is 0 Å². The van der Waals surface area contributed by atoms with Gasteiger partial charge in [-0.1, -0.05) is 12.1 Å². The summed E-state index contributed by atoms with van der Waals surface area (Å²) in [5.41, 5.74) is 1.08. The van der Waals surface area contributed by atoms with Crippen LogP contribution < -0.4 is 0 Å². The van der Waals surface area contributed by atoms with Gasteiger partial charge >= 0.3 is 0 Å². The van der Waals surface area contributed by atoms with Gasteiger partial charge in [0.05, 0.1) is 12.0 Å². The van der Waals surface area contributed by atoms with Crippen LogP contribution in [0.1, 0.15) is 17.9 Å². The standard InChI is InChI=1S/C10H9NO/c11-6-8-5-10(8)7-2-1-3-9(12)4-7/h1-4,8,10,12H,5H2. The first-order valence-electron chi connectivity index (χ1n) is 4.00. The molecule has 1 N–H and O–H groups in total. The summed E-state index contributed by atoms with van der Waals surface area (Å²) in [4.78, 5) is 0. The van der Waals surface area contributed by atoms with Gasteiger partial charge in [-0.05, 0) is 24.1 Å². The van der Waals surface area contributed by atoms with E-state index in [0.29, 0.717) is 5.92 Å². The Morgan fingerprint density at radius 2 is 2.33 bits per heavy atom. The molecule has 2 unspecified atom stereocenters. The number of aromatic hydroxyl groups is 1. The Labute approximate surface area is 71.1 Å². The van der Waals surface area contributed by atoms with Gasteiger partial charge in [0, 0.05) is 5.92 Å². The summed E-state index contributed by atoms with van der Waals surface area (Å²) in [6, 6.07) is 9.39. The van der Waals surface area contributed by atoms with Crippen molar-refractivity contribution in [3.63, 3.8) is 0 Å². The van der Waals surface area contributed by atoms with E-state index in [1.54, 1.807) is 12.1 Å². The van der Waals surface area contributed by atoms with Crippen molar-refractivity contribution < 1.29 is 5.11 Å². The Bertz CT molecular complexity index is 340. The monoisotopic (exact) mass is 159 g/mol. The Morgan fingerprint density at radius 3 is 2.92 bits per heavy atom. The Balaban J connectivity index is 2.21. The molecule has 0 bridgehead atoms. The third-order valence-electron chi connectivity index (χ3n) is 2.25. The fourth-order valence-electron chi connectivity index (χ4n) is 1.46. The fourth-order valence-corrected chi connectivity index (χ4v) is 1.46. The lowest BCUT2D eigenvalue weighted by Gasteiger charge is -1.97. The predicted octanol–water partition coefficient (Wildman–Crippen LogP) is 2.02. The molecule has 0 heterocycles. The van der Waals surface area contributed by atoms with Gasteiger partial charge < -0.3 is 5.11 Å². The minimum Gasteiger partial charge on any atom is -0.508 e. The molecule has 0 amide bonds. The summed E-state index contributed by atoms with van der Waals surface area (Å²) in [5, 5.41) is 17.8. The number of nitrogens with zero attached hydrogens (tertiary/aromatic N) is 1. The normalized spacial score (nSPS) is 26.2. The number of benzene rings is 1. The average Bonchev–Trinajstić information content (AvgIpc) is 2.83. The highest BCUT2D eigenvalue weighted by Gasteiger charge is 2.38. The van der Waals surface area contributed by atoms with E-state index in [1.807, 2.05) is 12.1 Å². The maximum Gasteiger partial charge on any atom is 0.115 e. The number of hydrogen-bond donors (Lipinski definition) is 1. The van der Waals surface area contributed by atoms with Crippen molar-refractivity contribution in [2.75, 3.05) is 0 Å². The molecule has 0 radical (unpaired) electrons. The maximum absolute atomic E-state index is 9.17. The zero-order valence-electron chi connectivity index (χ0n) is 6.57. The highest BCUT2D eigenvalue weighted by atomic mass is 16.3. The first-order valence-corrected chi connectivity index (χ1v) is 4.00. The fraction of sp³-hybridized carbons (Fsp3) is 0.300. The maximum atomic E-state index is 9.17. The van der Waals surface area contributed by atoms with Crippen molar-refractivity contribution in [2.45, 2.75) is 12.3 Å². The van der Waals surface area contributed by atoms with Gasteiger partial charge in [0.15, 0.2) is 0 Å². The van der Waals surface area contributed by atoms with Crippen molar-refractivity contribution in [3.8, 4) is 11.8 Å². The Kier molecular flexibility index (Phi) is 1.51. The van der Waals surface area contributed by atoms with Crippen LogP contribution >= 0.6 is 0 Å². The highest BCUT2D eigenvalue weighted by Crippen LogP contribution is 2.47. The van der Waals surface area contributed by atoms with Gasteiger partial charge in [-0.15, -0.1) is 0 Å². The highest BCUT2D eigenvalue weighted by molar-refractivity contribution is 5.34. The SMILES string of the molecule is N#CC1CC1c1cccc(O)c1. The van der Waals surface area contributed by atoms with Crippen molar-refractivity contribution >= 4 is 0 Å². The van der Waals surface area contributed by atoms with Crippen LogP contribution in [0.15, 0.2) is 24.3 Å². The van der Waals surface area contributed by atoms with Crippen LogP contribution in [0.5, 0.6) is 5.75 Å². The molecular formula is C10H9NO. The van der Waals surface area contributed by atoms with E-state index in [-0.39, 0.29) is 11.7 Å². The smallest absolute Gasteiger partial charge is 0.115 e. The largest absolute Gasteiger partial charge is 0.508 e. The van der Waals surface area contributed by atoms with Crippen LogP contribution in [0.3, 0.4) is 0 Å². The summed E-state index contributed by atoms with van der Waals surface area (Å²) in [6.07, 6.45) is 0.944. The third kappa shape index (κ3) is 1.14. The van der Waals surface area contributed by atoms with Gasteiger partial charge in [-0.2, -0.15) is 5.26 Å². The average molecular weight is 159 g/mol. The molecule has 12 heavy (non-hydrogen) atoms. The van der Waals surface area contributed by atoms with Gasteiger partial charge in [0.2, 0.25) is 0 Å². The first-order chi connectivity index (χ1) is 5.81. The Hall–Kier alpha value is -1.49. The van der Waals surface area contributed by atoms with E-state index < -0.39 is 0 Å². The number of hydrogen-bond acceptors (Lipinski definition) is 2. The Morgan fingerprint density at radius 1 is 1.50 bits per heavy atom. The summed E-state index contributed by atoms with van der Waals surface area (Å²) in [5.74, 6) is 0.824. The van der Waals surface area contributed by atoms with Crippen molar-refractivity contribution in [2.24, 2.45) is 5.92 Å². The number of rotatable bonds is 1. The lowest BCUT2D eigenvalue weighted by atomic mass is 10.1. The minimum atomic E-state index is 0.173. The van der Waals surface area contributed by atoms with Crippen LogP contribution in [-0.2, 0) is 0 Å². The quantitative estimate of drug-likeness (QED) is 0.681. The summed E-state index contributed by atoms with van der Waals surface area (Å²) >= 11 is 0. The van der Waals surface area contributed by atoms with Crippen molar-refractivity contribution in [1.29, 1.82) is 5.26 Å². The first kappa shape index (κ1) is 7.17. The molecule has 1 saturated carbocycles. The molecule has 1 aliphatic rings. The van der Waals surface area contributed by atoms with Crippen LogP contribution in [-0.4, -0.2) is 5.11 Å². The third-order valence-corrected chi connectivity index (χ3v) is 2.25. The molecule has 1 aliphatic carbocycles. The number of nitriles is 1. The summed E-state index contributed by atoms with van der Waals surface area (Å²) in [7, 11) is 0. The van der Waals surface area contributed by atoms with Gasteiger partial charge in [-0.3, -0.25) is 0 Å². The lowest BCUT2D eigenvalue weighted by molar-refractivity contribution is 0.474. The second-order valence-electron chi connectivity index (χ2n) is 3.17. The second kappa shape index (κ2) is 2.53. The molecule has 2 rings (SSSR count). The van der Waals surface area contributed by atoms with Crippen LogP contribution in [0.4, 0.5) is 0 Å². The molecule has 0 aromatic heterocycles. The topological polar surface area (TPSA) is 44.0 Å². The van der Waals surface area contributed by atoms with E-state index in [9.17, 15) is 0 Å². The summed E-state index contributed by atoms with van der Waals surface area (Å²) < 4.78 is 0. The molecule has 1 fully saturated rings. The molecule has 0 aliphatic heterocycles. The number of phenolic OH excluding ortho intramolecular Hbond substituents is 1. The molecule has 2 nitrogen and oxygen atoms in total. The van der Waals surface area contributed by atoms with Crippen LogP contribution in [0, 0.1) is 17.2 Å². The van der Waals surface area contributed by atoms with Gasteiger partial charge in [0.1, 0.15) is 5.75 Å². The van der Waals surface area contributed by atoms with Crippen molar-refractivity contribution in [1.82, 2.24) is 0 Å². The van der Waals surface area contributed by atoms with Gasteiger partial charge in [-0.25, -0.2) is 0 Å². The summed E-state index contributed by atoms with van der Waals surface area (Å²) in [6.45, 7) is 0. The van der Waals surface area contributed by atoms with E-state index >= 15 is 0 Å². The predicted molar refractivity (Wildman–Crippen MR) is 44.6 cm³/mol. The van der Waals surface area contributed by atoms with E-state index in [4.69, 9.17) is 10.4 Å². The lowest BCUT2D eigenvalue weighted by Crippen LogP contribution is -1.80. The number of phenols is 1. The zero-order chi connectivity index (χ0) is 8.55. The molecule has 2 heteroatoms. The molecule has 0 saturated heterocycles. The molecule has 1 aromatic carbocycles. The van der Waals surface area contributed by atoms with Crippen molar-refractivity contribution in [3.05, 3.63) is 29.8 Å². The molecule has 2 atom stereocenters.